The third-order valence-electron chi connectivity index (χ3n) is 2.61. The van der Waals surface area contributed by atoms with E-state index >= 15 is 0 Å². The van der Waals surface area contributed by atoms with Gasteiger partial charge < -0.3 is 5.32 Å². The van der Waals surface area contributed by atoms with Crippen LogP contribution in [0.2, 0.25) is 0 Å². The van der Waals surface area contributed by atoms with Crippen LogP contribution in [0.15, 0.2) is 24.3 Å². The largest absolute Gasteiger partial charge is 0.384 e. The van der Waals surface area contributed by atoms with Crippen molar-refractivity contribution in [2.24, 2.45) is 5.92 Å². The number of benzene rings is 1. The Labute approximate surface area is 84.6 Å². The summed E-state index contributed by atoms with van der Waals surface area (Å²) in [5.74, 6) is 0.941. The maximum absolute atomic E-state index is 8.85. The molecule has 0 radical (unpaired) electrons. The lowest BCUT2D eigenvalue weighted by Crippen LogP contribution is -2.03. The summed E-state index contributed by atoms with van der Waals surface area (Å²) in [6.45, 7) is 0.989. The van der Waals surface area contributed by atoms with Gasteiger partial charge >= 0.3 is 0 Å². The molecule has 1 aliphatic rings. The Morgan fingerprint density at radius 3 is 2.86 bits per heavy atom. The highest BCUT2D eigenvalue weighted by Gasteiger charge is 2.20. The lowest BCUT2D eigenvalue weighted by molar-refractivity contribution is 0.760. The van der Waals surface area contributed by atoms with Gasteiger partial charge in [0.15, 0.2) is 0 Å². The van der Waals surface area contributed by atoms with E-state index in [-0.39, 0.29) is 0 Å². The van der Waals surface area contributed by atoms with Crippen LogP contribution in [-0.2, 0) is 0 Å². The second kappa shape index (κ2) is 4.15. The molecule has 0 unspecified atom stereocenters. The quantitative estimate of drug-likeness (QED) is 0.784. The van der Waals surface area contributed by atoms with Gasteiger partial charge in [-0.2, -0.15) is 5.26 Å². The lowest BCUT2D eigenvalue weighted by Gasteiger charge is -2.06. The van der Waals surface area contributed by atoms with Gasteiger partial charge in [-0.3, -0.25) is 0 Å². The van der Waals surface area contributed by atoms with Crippen LogP contribution in [0.5, 0.6) is 0 Å². The standard InChI is InChI=1S/C12H14N2/c13-9-11-3-1-2-4-12(11)14-8-7-10-5-6-10/h1-4,10,14H,5-8H2. The molecule has 1 aromatic rings. The molecule has 14 heavy (non-hydrogen) atoms. The molecule has 1 N–H and O–H groups in total. The fourth-order valence-electron chi connectivity index (χ4n) is 1.55. The van der Waals surface area contributed by atoms with E-state index in [1.165, 1.54) is 19.3 Å². The number of para-hydroxylation sites is 1. The van der Waals surface area contributed by atoms with E-state index in [1.807, 2.05) is 24.3 Å². The fourth-order valence-corrected chi connectivity index (χ4v) is 1.55. The van der Waals surface area contributed by atoms with Crippen molar-refractivity contribution in [2.75, 3.05) is 11.9 Å². The van der Waals surface area contributed by atoms with E-state index < -0.39 is 0 Å². The first-order valence-corrected chi connectivity index (χ1v) is 5.13. The van der Waals surface area contributed by atoms with Crippen LogP contribution in [0.3, 0.4) is 0 Å². The second-order valence-corrected chi connectivity index (χ2v) is 3.82. The molecule has 0 spiro atoms. The van der Waals surface area contributed by atoms with E-state index in [9.17, 15) is 0 Å². The fraction of sp³-hybridized carbons (Fsp3) is 0.417. The van der Waals surface area contributed by atoms with E-state index in [1.54, 1.807) is 0 Å². The zero-order valence-corrected chi connectivity index (χ0v) is 8.16. The minimum absolute atomic E-state index is 0.739. The van der Waals surface area contributed by atoms with Gasteiger partial charge in [0.05, 0.1) is 11.3 Å². The van der Waals surface area contributed by atoms with Crippen LogP contribution >= 0.6 is 0 Å². The third-order valence-corrected chi connectivity index (χ3v) is 2.61. The molecule has 1 fully saturated rings. The predicted molar refractivity (Wildman–Crippen MR) is 57.0 cm³/mol. The molecule has 1 aromatic carbocycles. The Balaban J connectivity index is 1.90. The Kier molecular flexibility index (Phi) is 2.69. The number of nitrogens with one attached hydrogen (secondary N) is 1. The van der Waals surface area contributed by atoms with Gasteiger partial charge in [-0.15, -0.1) is 0 Å². The van der Waals surface area contributed by atoms with Crippen molar-refractivity contribution in [1.29, 1.82) is 5.26 Å². The number of nitrogens with zero attached hydrogens (tertiary/aromatic N) is 1. The number of nitriles is 1. The van der Waals surface area contributed by atoms with Crippen LogP contribution in [0.25, 0.3) is 0 Å². The van der Waals surface area contributed by atoms with Crippen LogP contribution < -0.4 is 5.32 Å². The van der Waals surface area contributed by atoms with Crippen molar-refractivity contribution in [1.82, 2.24) is 0 Å². The number of rotatable bonds is 4. The van der Waals surface area contributed by atoms with Gasteiger partial charge in [-0.1, -0.05) is 25.0 Å². The summed E-state index contributed by atoms with van der Waals surface area (Å²) in [6, 6.07) is 9.85. The highest BCUT2D eigenvalue weighted by molar-refractivity contribution is 5.56. The molecule has 0 heterocycles. The zero-order chi connectivity index (χ0) is 9.80. The summed E-state index contributed by atoms with van der Waals surface area (Å²) in [6.07, 6.45) is 4.02. The molecular formula is C12H14N2. The molecule has 0 bridgehead atoms. The van der Waals surface area contributed by atoms with E-state index in [2.05, 4.69) is 11.4 Å². The van der Waals surface area contributed by atoms with Gasteiger partial charge in [-0.05, 0) is 24.5 Å². The first kappa shape index (κ1) is 9.08. The highest BCUT2D eigenvalue weighted by Crippen LogP contribution is 2.32. The third kappa shape index (κ3) is 2.26. The number of hydrogen-bond acceptors (Lipinski definition) is 2. The molecule has 0 amide bonds. The normalized spacial score (nSPS) is 14.8. The molecule has 2 nitrogen and oxygen atoms in total. The zero-order valence-electron chi connectivity index (χ0n) is 8.16. The summed E-state index contributed by atoms with van der Waals surface area (Å²) in [7, 11) is 0. The van der Waals surface area contributed by atoms with Gasteiger partial charge in [0.2, 0.25) is 0 Å². The highest BCUT2D eigenvalue weighted by atomic mass is 14.9. The van der Waals surface area contributed by atoms with Crippen molar-refractivity contribution in [3.05, 3.63) is 29.8 Å². The molecule has 0 atom stereocenters. The number of anilines is 1. The summed E-state index contributed by atoms with van der Waals surface area (Å²) in [4.78, 5) is 0. The predicted octanol–water partition coefficient (Wildman–Crippen LogP) is 2.77. The Bertz CT molecular complexity index is 348. The van der Waals surface area contributed by atoms with Crippen LogP contribution in [0.1, 0.15) is 24.8 Å². The van der Waals surface area contributed by atoms with Crippen LogP contribution in [0, 0.1) is 17.2 Å². The second-order valence-electron chi connectivity index (χ2n) is 3.82. The Morgan fingerprint density at radius 1 is 1.36 bits per heavy atom. The van der Waals surface area contributed by atoms with Gasteiger partial charge in [0.25, 0.3) is 0 Å². The summed E-state index contributed by atoms with van der Waals surface area (Å²) >= 11 is 0. The molecule has 0 aromatic heterocycles. The number of hydrogen-bond donors (Lipinski definition) is 1. The van der Waals surface area contributed by atoms with Crippen molar-refractivity contribution >= 4 is 5.69 Å². The summed E-state index contributed by atoms with van der Waals surface area (Å²) in [5, 5.41) is 12.2. The topological polar surface area (TPSA) is 35.8 Å². The van der Waals surface area contributed by atoms with Gasteiger partial charge in [0, 0.05) is 6.54 Å². The Hall–Kier alpha value is -1.49. The first-order chi connectivity index (χ1) is 6.90. The van der Waals surface area contributed by atoms with Gasteiger partial charge in [-0.25, -0.2) is 0 Å². The van der Waals surface area contributed by atoms with Crippen molar-refractivity contribution < 1.29 is 0 Å². The Morgan fingerprint density at radius 2 is 2.14 bits per heavy atom. The SMILES string of the molecule is N#Cc1ccccc1NCCC1CC1. The molecule has 0 saturated heterocycles. The van der Waals surface area contributed by atoms with Crippen LogP contribution in [-0.4, -0.2) is 6.54 Å². The maximum Gasteiger partial charge on any atom is 0.101 e. The van der Waals surface area contributed by atoms with Gasteiger partial charge in [0.1, 0.15) is 6.07 Å². The molecule has 1 aliphatic carbocycles. The van der Waals surface area contributed by atoms with Crippen molar-refractivity contribution in [3.8, 4) is 6.07 Å². The summed E-state index contributed by atoms with van der Waals surface area (Å²) < 4.78 is 0. The van der Waals surface area contributed by atoms with Crippen LogP contribution in [0.4, 0.5) is 5.69 Å². The summed E-state index contributed by atoms with van der Waals surface area (Å²) in [5.41, 5.74) is 1.71. The lowest BCUT2D eigenvalue weighted by atomic mass is 10.2. The molecule has 1 saturated carbocycles. The molecule has 2 rings (SSSR count). The average Bonchev–Trinajstić information content (AvgIpc) is 3.03. The maximum atomic E-state index is 8.85. The van der Waals surface area contributed by atoms with E-state index in [4.69, 9.17) is 5.26 Å². The minimum Gasteiger partial charge on any atom is -0.384 e. The van der Waals surface area contributed by atoms with Crippen molar-refractivity contribution in [3.63, 3.8) is 0 Å². The van der Waals surface area contributed by atoms with Crippen molar-refractivity contribution in [2.45, 2.75) is 19.3 Å². The smallest absolute Gasteiger partial charge is 0.101 e. The van der Waals surface area contributed by atoms with E-state index in [0.29, 0.717) is 0 Å². The van der Waals surface area contributed by atoms with E-state index in [0.717, 1.165) is 23.7 Å². The monoisotopic (exact) mass is 186 g/mol. The average molecular weight is 186 g/mol. The molecule has 0 aliphatic heterocycles. The minimum atomic E-state index is 0.739. The first-order valence-electron chi connectivity index (χ1n) is 5.13. The molecule has 2 heteroatoms. The molecular weight excluding hydrogens is 172 g/mol. The molecule has 72 valence electrons.